The fourth-order valence-corrected chi connectivity index (χ4v) is 3.37. The first-order chi connectivity index (χ1) is 10.8. The zero-order chi connectivity index (χ0) is 17.1. The molecule has 1 saturated heterocycles. The Morgan fingerprint density at radius 2 is 1.83 bits per heavy atom. The highest BCUT2D eigenvalue weighted by atomic mass is 16.6. The Morgan fingerprint density at radius 1 is 1.17 bits per heavy atom. The topological polar surface area (TPSA) is 29.5 Å². The highest BCUT2D eigenvalue weighted by Gasteiger charge is 2.53. The van der Waals surface area contributed by atoms with E-state index in [0.717, 1.165) is 6.42 Å². The zero-order valence-electron chi connectivity index (χ0n) is 14.7. The van der Waals surface area contributed by atoms with Crippen LogP contribution in [0.25, 0.3) is 0 Å². The predicted octanol–water partition coefficient (Wildman–Crippen LogP) is 4.10. The lowest BCUT2D eigenvalue weighted by molar-refractivity contribution is -0.144. The Hall–Kier alpha value is -1.87. The van der Waals surface area contributed by atoms with Crippen molar-refractivity contribution in [2.24, 2.45) is 0 Å². The fourth-order valence-electron chi connectivity index (χ4n) is 3.37. The molecule has 23 heavy (non-hydrogen) atoms. The van der Waals surface area contributed by atoms with Crippen LogP contribution in [0, 0.1) is 0 Å². The Kier molecular flexibility index (Phi) is 5.10. The Morgan fingerprint density at radius 3 is 2.43 bits per heavy atom. The molecule has 1 aromatic carbocycles. The van der Waals surface area contributed by atoms with Gasteiger partial charge in [-0.1, -0.05) is 48.6 Å². The zero-order valence-corrected chi connectivity index (χ0v) is 14.7. The van der Waals surface area contributed by atoms with E-state index in [4.69, 9.17) is 4.74 Å². The summed E-state index contributed by atoms with van der Waals surface area (Å²) in [6, 6.07) is 10.2. The van der Waals surface area contributed by atoms with Crippen LogP contribution in [0.3, 0.4) is 0 Å². The molecule has 2 rings (SSSR count). The van der Waals surface area contributed by atoms with E-state index in [2.05, 4.69) is 26.0 Å². The first-order valence-electron chi connectivity index (χ1n) is 8.14. The molecule has 0 saturated carbocycles. The third kappa shape index (κ3) is 3.91. The molecule has 1 heterocycles. The lowest BCUT2D eigenvalue weighted by atomic mass is 9.92. The number of amides is 1. The number of allylic oxidation sites excluding steroid dienone is 3. The first-order valence-corrected chi connectivity index (χ1v) is 8.14. The molecule has 0 radical (unpaired) electrons. The van der Waals surface area contributed by atoms with E-state index in [1.54, 1.807) is 12.2 Å². The molecule has 0 N–H and O–H groups in total. The highest BCUT2D eigenvalue weighted by molar-refractivity contribution is 5.89. The number of carbonyl (C=O) groups excluding carboxylic acids is 1. The molecule has 124 valence electrons. The molecule has 1 aliphatic rings. The van der Waals surface area contributed by atoms with E-state index < -0.39 is 11.3 Å². The number of hydrogen-bond acceptors (Lipinski definition) is 2. The van der Waals surface area contributed by atoms with Gasteiger partial charge in [0, 0.05) is 6.08 Å². The normalized spacial score (nSPS) is 23.0. The number of rotatable bonds is 4. The number of hydrogen-bond donors (Lipinski definition) is 0. The predicted molar refractivity (Wildman–Crippen MR) is 94.0 cm³/mol. The molecule has 0 bridgehead atoms. The summed E-state index contributed by atoms with van der Waals surface area (Å²) >= 11 is 0. The van der Waals surface area contributed by atoms with Crippen LogP contribution in [0.4, 0.5) is 0 Å². The second-order valence-corrected chi connectivity index (χ2v) is 6.95. The quantitative estimate of drug-likeness (QED) is 0.618. The monoisotopic (exact) mass is 313 g/mol. The van der Waals surface area contributed by atoms with Crippen molar-refractivity contribution < 1.29 is 9.53 Å². The van der Waals surface area contributed by atoms with Crippen molar-refractivity contribution in [1.29, 1.82) is 0 Å². The van der Waals surface area contributed by atoms with Gasteiger partial charge in [0.1, 0.15) is 5.72 Å². The molecular formula is C20H27NO2. The minimum absolute atomic E-state index is 0.0114. The maximum Gasteiger partial charge on any atom is 0.249 e. The van der Waals surface area contributed by atoms with Gasteiger partial charge in [-0.2, -0.15) is 0 Å². The van der Waals surface area contributed by atoms with Gasteiger partial charge in [-0.05, 0) is 46.6 Å². The molecule has 1 atom stereocenters. The van der Waals surface area contributed by atoms with E-state index in [1.165, 1.54) is 5.56 Å². The molecule has 1 aromatic rings. The van der Waals surface area contributed by atoms with Gasteiger partial charge in [-0.25, -0.2) is 0 Å². The molecule has 0 unspecified atom stereocenters. The van der Waals surface area contributed by atoms with Crippen LogP contribution in [0.15, 0.2) is 54.6 Å². The van der Waals surface area contributed by atoms with Crippen LogP contribution in [0.2, 0.25) is 0 Å². The SMILES string of the molecule is C/C=C/C=C/C(=O)N1[C@@H](Cc2ccccc2)C(C)(C)OC1(C)C. The van der Waals surface area contributed by atoms with Crippen LogP contribution >= 0.6 is 0 Å². The van der Waals surface area contributed by atoms with Crippen molar-refractivity contribution in [2.75, 3.05) is 0 Å². The van der Waals surface area contributed by atoms with E-state index in [0.29, 0.717) is 0 Å². The van der Waals surface area contributed by atoms with Crippen molar-refractivity contribution in [3.8, 4) is 0 Å². The number of ether oxygens (including phenoxy) is 1. The van der Waals surface area contributed by atoms with Crippen molar-refractivity contribution in [2.45, 2.75) is 58.4 Å². The summed E-state index contributed by atoms with van der Waals surface area (Å²) in [4.78, 5) is 14.6. The highest BCUT2D eigenvalue weighted by Crippen LogP contribution is 2.40. The van der Waals surface area contributed by atoms with Crippen molar-refractivity contribution in [3.63, 3.8) is 0 Å². The summed E-state index contributed by atoms with van der Waals surface area (Å²) in [5, 5.41) is 0. The minimum Gasteiger partial charge on any atom is -0.348 e. The van der Waals surface area contributed by atoms with Crippen molar-refractivity contribution in [1.82, 2.24) is 4.90 Å². The minimum atomic E-state index is -0.625. The Labute approximate surface area is 139 Å². The molecule has 1 aliphatic heterocycles. The van der Waals surface area contributed by atoms with Gasteiger partial charge in [-0.3, -0.25) is 4.79 Å². The smallest absolute Gasteiger partial charge is 0.249 e. The summed E-state index contributed by atoms with van der Waals surface area (Å²) in [5.41, 5.74) is 0.186. The summed E-state index contributed by atoms with van der Waals surface area (Å²) in [5.74, 6) is -0.0143. The molecule has 3 heteroatoms. The standard InChI is InChI=1S/C20H27NO2/c1-6-7-9-14-18(22)21-17(15-16-12-10-8-11-13-16)19(2,3)23-20(21,4)5/h6-14,17H,15H2,1-5H3/b7-6+,14-9+/t17-/m0/s1. The summed E-state index contributed by atoms with van der Waals surface area (Å²) in [6.07, 6.45) is 7.94. The third-order valence-corrected chi connectivity index (χ3v) is 4.26. The van der Waals surface area contributed by atoms with E-state index in [9.17, 15) is 4.79 Å². The van der Waals surface area contributed by atoms with Gasteiger partial charge in [0.25, 0.3) is 0 Å². The lowest BCUT2D eigenvalue weighted by Crippen LogP contribution is -2.49. The maximum absolute atomic E-state index is 12.7. The van der Waals surface area contributed by atoms with Crippen LogP contribution in [0.1, 0.15) is 40.2 Å². The Bertz CT molecular complexity index is 599. The van der Waals surface area contributed by atoms with E-state index in [-0.39, 0.29) is 11.9 Å². The van der Waals surface area contributed by atoms with E-state index >= 15 is 0 Å². The van der Waals surface area contributed by atoms with Gasteiger partial charge >= 0.3 is 0 Å². The molecule has 1 fully saturated rings. The van der Waals surface area contributed by atoms with Gasteiger partial charge in [0.15, 0.2) is 0 Å². The number of nitrogens with zero attached hydrogens (tertiary/aromatic N) is 1. The maximum atomic E-state index is 12.7. The second-order valence-electron chi connectivity index (χ2n) is 6.95. The van der Waals surface area contributed by atoms with Crippen LogP contribution < -0.4 is 0 Å². The van der Waals surface area contributed by atoms with E-state index in [1.807, 2.05) is 56.0 Å². The summed E-state index contributed by atoms with van der Waals surface area (Å²) in [6.45, 7) is 9.97. The largest absolute Gasteiger partial charge is 0.348 e. The molecular weight excluding hydrogens is 286 g/mol. The van der Waals surface area contributed by atoms with Gasteiger partial charge < -0.3 is 9.64 Å². The fraction of sp³-hybridized carbons (Fsp3) is 0.450. The summed E-state index contributed by atoms with van der Waals surface area (Å²) in [7, 11) is 0. The summed E-state index contributed by atoms with van der Waals surface area (Å²) < 4.78 is 6.21. The number of carbonyl (C=O) groups is 1. The number of benzene rings is 1. The van der Waals surface area contributed by atoms with Crippen molar-refractivity contribution in [3.05, 3.63) is 60.2 Å². The lowest BCUT2D eigenvalue weighted by Gasteiger charge is -2.33. The first kappa shape index (κ1) is 17.5. The molecule has 0 aliphatic carbocycles. The third-order valence-electron chi connectivity index (χ3n) is 4.26. The van der Waals surface area contributed by atoms with Gasteiger partial charge in [0.05, 0.1) is 11.6 Å². The molecule has 0 aromatic heterocycles. The van der Waals surface area contributed by atoms with Crippen LogP contribution in [-0.4, -0.2) is 28.2 Å². The van der Waals surface area contributed by atoms with Crippen LogP contribution in [0.5, 0.6) is 0 Å². The average molecular weight is 313 g/mol. The molecule has 3 nitrogen and oxygen atoms in total. The van der Waals surface area contributed by atoms with Crippen molar-refractivity contribution >= 4 is 5.91 Å². The molecule has 1 amide bonds. The Balaban J connectivity index is 2.32. The van der Waals surface area contributed by atoms with Gasteiger partial charge in [-0.15, -0.1) is 0 Å². The molecule has 0 spiro atoms. The average Bonchev–Trinajstić information content (AvgIpc) is 2.64. The van der Waals surface area contributed by atoms with Gasteiger partial charge in [0.2, 0.25) is 5.91 Å². The second kappa shape index (κ2) is 6.71. The van der Waals surface area contributed by atoms with Crippen LogP contribution in [-0.2, 0) is 16.0 Å².